The van der Waals surface area contributed by atoms with E-state index in [1.807, 2.05) is 6.92 Å². The summed E-state index contributed by atoms with van der Waals surface area (Å²) in [5.41, 5.74) is 1.18. The largest absolute Gasteiger partial charge is 0.481 e. The number of carbonyl (C=O) groups excluding carboxylic acids is 2. The number of halogens is 1. The molecule has 0 saturated heterocycles. The van der Waals surface area contributed by atoms with Gasteiger partial charge in [0.15, 0.2) is 24.0 Å². The molecule has 262 valence electrons. The normalized spacial score (nSPS) is 11.9. The Morgan fingerprint density at radius 2 is 1.82 bits per heavy atom. The maximum atomic E-state index is 16.4. The lowest BCUT2D eigenvalue weighted by Gasteiger charge is -2.22. The first kappa shape index (κ1) is 35.3. The van der Waals surface area contributed by atoms with Gasteiger partial charge in [0.2, 0.25) is 11.7 Å². The van der Waals surface area contributed by atoms with Crippen molar-refractivity contribution in [2.24, 2.45) is 0 Å². The molecule has 0 saturated carbocycles. The first-order chi connectivity index (χ1) is 23.7. The lowest BCUT2D eigenvalue weighted by atomic mass is 10.00. The number of hydrogen-bond donors (Lipinski definition) is 3. The third-order valence-electron chi connectivity index (χ3n) is 7.35. The zero-order valence-electron chi connectivity index (χ0n) is 28.8. The van der Waals surface area contributed by atoms with Crippen molar-refractivity contribution in [1.29, 1.82) is 0 Å². The number of aromatic amines is 1. The molecule has 2 amide bonds. The molecule has 1 unspecified atom stereocenters. The van der Waals surface area contributed by atoms with Crippen LogP contribution in [0.1, 0.15) is 56.6 Å². The number of para-hydroxylation sites is 2. The van der Waals surface area contributed by atoms with E-state index in [0.29, 0.717) is 29.4 Å². The standard InChI is InChI=1S/C35H39FN8O6/c1-8-21-17-24(29(36)27(18-21)48-19-28(45)43(6)7)30(38-23-15-13-22(14-16-23)31-37-20(2)50-42-31)32-40-33(46)44(41-32)26-12-10-9-11-25(26)39-34(47)49-35(3,4)5/h9-18,30,38H,8,19H2,1-7H3,(H,39,47)(H,40,41,46). The topological polar surface area (TPSA) is 169 Å². The van der Waals surface area contributed by atoms with Gasteiger partial charge < -0.3 is 24.2 Å². The molecular weight excluding hydrogens is 647 g/mol. The summed E-state index contributed by atoms with van der Waals surface area (Å²) < 4.78 is 33.7. The second-order valence-corrected chi connectivity index (χ2v) is 12.6. The molecule has 3 aromatic carbocycles. The number of aryl methyl sites for hydroxylation is 2. The number of anilines is 2. The quantitative estimate of drug-likeness (QED) is 0.158. The molecule has 3 N–H and O–H groups in total. The van der Waals surface area contributed by atoms with Crippen LogP contribution in [0, 0.1) is 12.7 Å². The van der Waals surface area contributed by atoms with Gasteiger partial charge in [0.25, 0.3) is 5.91 Å². The minimum atomic E-state index is -1.06. The van der Waals surface area contributed by atoms with E-state index in [1.165, 1.54) is 4.90 Å². The minimum absolute atomic E-state index is 0.0578. The molecule has 2 heterocycles. The summed E-state index contributed by atoms with van der Waals surface area (Å²) in [5, 5.41) is 14.5. The Morgan fingerprint density at radius 3 is 2.46 bits per heavy atom. The van der Waals surface area contributed by atoms with Gasteiger partial charge in [-0.3, -0.25) is 15.1 Å². The number of aromatic nitrogens is 5. The Labute approximate surface area is 287 Å². The number of benzene rings is 3. The van der Waals surface area contributed by atoms with E-state index in [4.69, 9.17) is 14.0 Å². The Hall–Kier alpha value is -5.99. The number of hydrogen-bond acceptors (Lipinski definition) is 10. The number of likely N-dealkylation sites (N-methyl/N-ethyl adjacent to an activating group) is 1. The summed E-state index contributed by atoms with van der Waals surface area (Å²) >= 11 is 0. The predicted octanol–water partition coefficient (Wildman–Crippen LogP) is 5.64. The van der Waals surface area contributed by atoms with Crippen LogP contribution in [0.15, 0.2) is 70.0 Å². The molecule has 14 nitrogen and oxygen atoms in total. The van der Waals surface area contributed by atoms with Crippen LogP contribution in [0.25, 0.3) is 17.1 Å². The second kappa shape index (κ2) is 14.6. The Balaban J connectivity index is 1.58. The van der Waals surface area contributed by atoms with Crippen LogP contribution < -0.4 is 21.1 Å². The fraction of sp³-hybridized carbons (Fsp3) is 0.314. The van der Waals surface area contributed by atoms with Crippen LogP contribution in [0.5, 0.6) is 5.75 Å². The van der Waals surface area contributed by atoms with Crippen LogP contribution in [0.4, 0.5) is 20.6 Å². The highest BCUT2D eigenvalue weighted by molar-refractivity contribution is 5.87. The lowest BCUT2D eigenvalue weighted by molar-refractivity contribution is -0.130. The summed E-state index contributed by atoms with van der Waals surface area (Å²) in [7, 11) is 3.16. The maximum Gasteiger partial charge on any atom is 0.412 e. The summed E-state index contributed by atoms with van der Waals surface area (Å²) in [6.45, 7) is 8.42. The number of nitrogens with zero attached hydrogens (tertiary/aromatic N) is 5. The first-order valence-corrected chi connectivity index (χ1v) is 15.8. The molecule has 5 aromatic rings. The molecule has 15 heteroatoms. The molecule has 0 spiro atoms. The van der Waals surface area contributed by atoms with Crippen molar-refractivity contribution in [3.8, 4) is 22.8 Å². The molecule has 1 atom stereocenters. The minimum Gasteiger partial charge on any atom is -0.481 e. The van der Waals surface area contributed by atoms with E-state index in [2.05, 4.69) is 30.9 Å². The monoisotopic (exact) mass is 686 g/mol. The van der Waals surface area contributed by atoms with Crippen LogP contribution in [-0.4, -0.2) is 68.1 Å². The predicted molar refractivity (Wildman–Crippen MR) is 184 cm³/mol. The maximum absolute atomic E-state index is 16.4. The number of nitrogens with one attached hydrogen (secondary N) is 3. The van der Waals surface area contributed by atoms with Crippen molar-refractivity contribution in [2.45, 2.75) is 52.7 Å². The van der Waals surface area contributed by atoms with Crippen molar-refractivity contribution >= 4 is 23.4 Å². The van der Waals surface area contributed by atoms with Crippen molar-refractivity contribution in [3.05, 3.63) is 99.8 Å². The number of amides is 2. The van der Waals surface area contributed by atoms with Gasteiger partial charge in [0, 0.05) is 37.8 Å². The average molecular weight is 687 g/mol. The molecule has 2 aromatic heterocycles. The summed E-state index contributed by atoms with van der Waals surface area (Å²) in [6, 6.07) is 15.7. The average Bonchev–Trinajstić information content (AvgIpc) is 3.67. The Morgan fingerprint density at radius 1 is 1.10 bits per heavy atom. The van der Waals surface area contributed by atoms with Crippen molar-refractivity contribution in [2.75, 3.05) is 31.3 Å². The van der Waals surface area contributed by atoms with Gasteiger partial charge in [0.1, 0.15) is 11.6 Å². The molecule has 50 heavy (non-hydrogen) atoms. The molecule has 0 bridgehead atoms. The van der Waals surface area contributed by atoms with Gasteiger partial charge in [-0.05, 0) is 75.2 Å². The summed E-state index contributed by atoms with van der Waals surface area (Å²) in [4.78, 5) is 46.8. The van der Waals surface area contributed by atoms with E-state index in [9.17, 15) is 14.4 Å². The van der Waals surface area contributed by atoms with Gasteiger partial charge in [-0.1, -0.05) is 30.3 Å². The van der Waals surface area contributed by atoms with Gasteiger partial charge in [-0.25, -0.2) is 14.0 Å². The third-order valence-corrected chi connectivity index (χ3v) is 7.35. The first-order valence-electron chi connectivity index (χ1n) is 15.8. The zero-order valence-corrected chi connectivity index (χ0v) is 28.8. The SMILES string of the molecule is CCc1cc(OCC(=O)N(C)C)c(F)c(C(Nc2ccc(-c3noc(C)n3)cc2)c2nn(-c3ccccc3NC(=O)OC(C)(C)C)c(=O)[nH]2)c1. The third kappa shape index (κ3) is 8.35. The molecule has 0 aliphatic rings. The van der Waals surface area contributed by atoms with E-state index in [1.54, 1.807) is 102 Å². The van der Waals surface area contributed by atoms with Gasteiger partial charge in [0.05, 0.1) is 11.4 Å². The summed E-state index contributed by atoms with van der Waals surface area (Å²) in [6.07, 6.45) is -0.197. The van der Waals surface area contributed by atoms with Crippen molar-refractivity contribution in [3.63, 3.8) is 0 Å². The highest BCUT2D eigenvalue weighted by Gasteiger charge is 2.27. The van der Waals surface area contributed by atoms with Crippen molar-refractivity contribution in [1.82, 2.24) is 29.8 Å². The lowest BCUT2D eigenvalue weighted by Crippen LogP contribution is -2.28. The van der Waals surface area contributed by atoms with E-state index < -0.39 is 29.2 Å². The Kier molecular flexibility index (Phi) is 10.3. The fourth-order valence-corrected chi connectivity index (χ4v) is 4.87. The molecule has 0 aliphatic heterocycles. The number of ether oxygens (including phenoxy) is 2. The molecule has 0 fully saturated rings. The smallest absolute Gasteiger partial charge is 0.412 e. The highest BCUT2D eigenvalue weighted by atomic mass is 19.1. The summed E-state index contributed by atoms with van der Waals surface area (Å²) in [5.74, 6) is -0.335. The number of H-pyrrole nitrogens is 1. The number of rotatable bonds is 11. The molecule has 0 aliphatic carbocycles. The van der Waals surface area contributed by atoms with Crippen LogP contribution in [-0.2, 0) is 16.0 Å². The molecule has 0 radical (unpaired) electrons. The van der Waals surface area contributed by atoms with Crippen molar-refractivity contribution < 1.29 is 28.0 Å². The fourth-order valence-electron chi connectivity index (χ4n) is 4.87. The van der Waals surface area contributed by atoms with Crippen LogP contribution in [0.2, 0.25) is 0 Å². The van der Waals surface area contributed by atoms with Gasteiger partial charge >= 0.3 is 11.8 Å². The van der Waals surface area contributed by atoms with Gasteiger partial charge in [-0.2, -0.15) is 9.67 Å². The van der Waals surface area contributed by atoms with E-state index >= 15 is 4.39 Å². The second-order valence-electron chi connectivity index (χ2n) is 12.6. The Bertz CT molecular complexity index is 2050. The molecule has 5 rings (SSSR count). The number of carbonyl (C=O) groups is 2. The zero-order chi connectivity index (χ0) is 36.2. The van der Waals surface area contributed by atoms with Crippen LogP contribution in [0.3, 0.4) is 0 Å². The van der Waals surface area contributed by atoms with Crippen LogP contribution >= 0.6 is 0 Å². The highest BCUT2D eigenvalue weighted by Crippen LogP contribution is 2.33. The van der Waals surface area contributed by atoms with E-state index in [0.717, 1.165) is 10.2 Å². The van der Waals surface area contributed by atoms with E-state index in [-0.39, 0.29) is 41.0 Å². The van der Waals surface area contributed by atoms with Gasteiger partial charge in [-0.15, -0.1) is 5.10 Å². The molecular formula is C35H39FN8O6.